The summed E-state index contributed by atoms with van der Waals surface area (Å²) in [5.41, 5.74) is 2.15. The van der Waals surface area contributed by atoms with Crippen LogP contribution in [0.25, 0.3) is 0 Å². The van der Waals surface area contributed by atoms with Gasteiger partial charge in [-0.05, 0) is 43.3 Å². The lowest BCUT2D eigenvalue weighted by Crippen LogP contribution is -2.36. The summed E-state index contributed by atoms with van der Waals surface area (Å²) in [6.45, 7) is 3.13. The van der Waals surface area contributed by atoms with Gasteiger partial charge in [-0.15, -0.1) is 0 Å². The molecule has 2 nitrogen and oxygen atoms in total. The minimum Gasteiger partial charge on any atom is -0.299 e. The van der Waals surface area contributed by atoms with Gasteiger partial charge in [-0.2, -0.15) is 0 Å². The first-order valence-corrected chi connectivity index (χ1v) is 6.84. The topological polar surface area (TPSA) is 20.3 Å². The van der Waals surface area contributed by atoms with Gasteiger partial charge in [-0.3, -0.25) is 9.69 Å². The molecular weight excluding hydrogens is 253 g/mol. The minimum atomic E-state index is -0.382. The number of hydrogen-bond acceptors (Lipinski definition) is 2. The number of halogens is 1. The summed E-state index contributed by atoms with van der Waals surface area (Å²) in [5.74, 6) is -0.512. The lowest BCUT2D eigenvalue weighted by atomic mass is 10.0. The Morgan fingerprint density at radius 1 is 1.05 bits per heavy atom. The van der Waals surface area contributed by atoms with Crippen LogP contribution in [-0.2, 0) is 6.54 Å². The van der Waals surface area contributed by atoms with Crippen molar-refractivity contribution < 1.29 is 9.18 Å². The van der Waals surface area contributed by atoms with Gasteiger partial charge in [0.1, 0.15) is 5.82 Å². The van der Waals surface area contributed by atoms with Crippen LogP contribution < -0.4 is 0 Å². The molecule has 1 heterocycles. The average molecular weight is 269 g/mol. The second kappa shape index (κ2) is 5.55. The maximum absolute atomic E-state index is 13.2. The molecule has 0 unspecified atom stereocenters. The standard InChI is InChI=1S/C17H16FNO/c18-16-7-2-6-15(11-16)17(20)14-5-1-4-13(10-14)12-19-8-3-9-19/h1-2,4-7,10-11H,3,8-9,12H2. The van der Waals surface area contributed by atoms with Crippen LogP contribution in [0, 0.1) is 5.82 Å². The molecule has 0 aliphatic carbocycles. The van der Waals surface area contributed by atoms with Crippen molar-refractivity contribution in [1.82, 2.24) is 4.90 Å². The van der Waals surface area contributed by atoms with Crippen LogP contribution in [0.4, 0.5) is 4.39 Å². The van der Waals surface area contributed by atoms with E-state index in [1.165, 1.54) is 18.6 Å². The average Bonchev–Trinajstić information content (AvgIpc) is 2.42. The highest BCUT2D eigenvalue weighted by atomic mass is 19.1. The molecule has 102 valence electrons. The van der Waals surface area contributed by atoms with Gasteiger partial charge < -0.3 is 0 Å². The van der Waals surface area contributed by atoms with E-state index in [4.69, 9.17) is 0 Å². The molecule has 0 amide bonds. The van der Waals surface area contributed by atoms with E-state index < -0.39 is 0 Å². The second-order valence-electron chi connectivity index (χ2n) is 5.17. The summed E-state index contributed by atoms with van der Waals surface area (Å²) >= 11 is 0. The Bertz CT molecular complexity index is 634. The van der Waals surface area contributed by atoms with Gasteiger partial charge in [0, 0.05) is 17.7 Å². The van der Waals surface area contributed by atoms with Crippen LogP contribution in [-0.4, -0.2) is 23.8 Å². The molecule has 3 heteroatoms. The van der Waals surface area contributed by atoms with Gasteiger partial charge >= 0.3 is 0 Å². The number of ketones is 1. The van der Waals surface area contributed by atoms with E-state index >= 15 is 0 Å². The van der Waals surface area contributed by atoms with Crippen molar-refractivity contribution in [1.29, 1.82) is 0 Å². The molecule has 1 fully saturated rings. The van der Waals surface area contributed by atoms with Crippen LogP contribution in [0.15, 0.2) is 48.5 Å². The third-order valence-electron chi connectivity index (χ3n) is 3.63. The summed E-state index contributed by atoms with van der Waals surface area (Å²) in [6, 6.07) is 13.4. The van der Waals surface area contributed by atoms with Crippen LogP contribution in [0.2, 0.25) is 0 Å². The van der Waals surface area contributed by atoms with E-state index in [0.717, 1.165) is 25.2 Å². The first-order valence-electron chi connectivity index (χ1n) is 6.84. The molecule has 0 aromatic heterocycles. The Labute approximate surface area is 117 Å². The molecular formula is C17H16FNO. The summed E-state index contributed by atoms with van der Waals surface area (Å²) in [4.78, 5) is 14.7. The Morgan fingerprint density at radius 2 is 1.75 bits per heavy atom. The summed E-state index contributed by atoms with van der Waals surface area (Å²) in [7, 11) is 0. The normalized spacial score (nSPS) is 14.8. The highest BCUT2D eigenvalue weighted by Crippen LogP contribution is 2.16. The maximum atomic E-state index is 13.2. The Hall–Kier alpha value is -2.00. The second-order valence-corrected chi connectivity index (χ2v) is 5.17. The van der Waals surface area contributed by atoms with E-state index in [2.05, 4.69) is 4.90 Å². The first-order chi connectivity index (χ1) is 9.72. The quantitative estimate of drug-likeness (QED) is 0.794. The lowest BCUT2D eigenvalue weighted by molar-refractivity contribution is 0.103. The zero-order valence-corrected chi connectivity index (χ0v) is 11.2. The Balaban J connectivity index is 1.82. The van der Waals surface area contributed by atoms with Gasteiger partial charge in [0.25, 0.3) is 0 Å². The van der Waals surface area contributed by atoms with E-state index in [-0.39, 0.29) is 11.6 Å². The molecule has 1 saturated heterocycles. The third-order valence-corrected chi connectivity index (χ3v) is 3.63. The van der Waals surface area contributed by atoms with Gasteiger partial charge in [0.05, 0.1) is 0 Å². The molecule has 0 bridgehead atoms. The predicted octanol–water partition coefficient (Wildman–Crippen LogP) is 3.26. The molecule has 2 aromatic rings. The van der Waals surface area contributed by atoms with E-state index in [1.807, 2.05) is 18.2 Å². The molecule has 0 radical (unpaired) electrons. The van der Waals surface area contributed by atoms with Crippen LogP contribution >= 0.6 is 0 Å². The maximum Gasteiger partial charge on any atom is 0.193 e. The predicted molar refractivity (Wildman–Crippen MR) is 76.2 cm³/mol. The number of benzene rings is 2. The smallest absolute Gasteiger partial charge is 0.193 e. The number of carbonyl (C=O) groups is 1. The molecule has 2 aromatic carbocycles. The van der Waals surface area contributed by atoms with Crippen molar-refractivity contribution in [3.05, 3.63) is 71.0 Å². The molecule has 0 N–H and O–H groups in total. The van der Waals surface area contributed by atoms with Crippen LogP contribution in [0.3, 0.4) is 0 Å². The van der Waals surface area contributed by atoms with Crippen molar-refractivity contribution in [2.45, 2.75) is 13.0 Å². The molecule has 20 heavy (non-hydrogen) atoms. The lowest BCUT2D eigenvalue weighted by Gasteiger charge is -2.30. The number of hydrogen-bond donors (Lipinski definition) is 0. The summed E-state index contributed by atoms with van der Waals surface area (Å²) in [5, 5.41) is 0. The SMILES string of the molecule is O=C(c1cccc(F)c1)c1cccc(CN2CCC2)c1. The van der Waals surface area contributed by atoms with Crippen molar-refractivity contribution >= 4 is 5.78 Å². The molecule has 3 rings (SSSR count). The number of carbonyl (C=O) groups excluding carboxylic acids is 1. The van der Waals surface area contributed by atoms with Gasteiger partial charge in [-0.25, -0.2) is 4.39 Å². The minimum absolute atomic E-state index is 0.130. The largest absolute Gasteiger partial charge is 0.299 e. The molecule has 1 aliphatic heterocycles. The first kappa shape index (κ1) is 13.0. The highest BCUT2D eigenvalue weighted by molar-refractivity contribution is 6.09. The van der Waals surface area contributed by atoms with Gasteiger partial charge in [0.15, 0.2) is 5.78 Å². The zero-order valence-electron chi connectivity index (χ0n) is 11.2. The zero-order chi connectivity index (χ0) is 13.9. The van der Waals surface area contributed by atoms with E-state index in [9.17, 15) is 9.18 Å². The number of likely N-dealkylation sites (tertiary alicyclic amines) is 1. The number of rotatable bonds is 4. The van der Waals surface area contributed by atoms with Crippen molar-refractivity contribution in [3.63, 3.8) is 0 Å². The molecule has 0 spiro atoms. The monoisotopic (exact) mass is 269 g/mol. The van der Waals surface area contributed by atoms with E-state index in [1.54, 1.807) is 18.2 Å². The van der Waals surface area contributed by atoms with Crippen molar-refractivity contribution in [2.24, 2.45) is 0 Å². The molecule has 1 aliphatic rings. The Morgan fingerprint density at radius 3 is 2.40 bits per heavy atom. The van der Waals surface area contributed by atoms with Crippen molar-refractivity contribution in [3.8, 4) is 0 Å². The fourth-order valence-electron chi connectivity index (χ4n) is 2.41. The summed E-state index contributed by atoms with van der Waals surface area (Å²) in [6.07, 6.45) is 1.25. The van der Waals surface area contributed by atoms with Gasteiger partial charge in [0.2, 0.25) is 0 Å². The summed E-state index contributed by atoms with van der Waals surface area (Å²) < 4.78 is 13.2. The Kier molecular flexibility index (Phi) is 3.61. The van der Waals surface area contributed by atoms with Crippen LogP contribution in [0.1, 0.15) is 27.9 Å². The highest BCUT2D eigenvalue weighted by Gasteiger charge is 2.15. The molecule has 0 saturated carbocycles. The van der Waals surface area contributed by atoms with Crippen molar-refractivity contribution in [2.75, 3.05) is 13.1 Å². The fourth-order valence-corrected chi connectivity index (χ4v) is 2.41. The number of nitrogens with zero attached hydrogens (tertiary/aromatic N) is 1. The molecule has 0 atom stereocenters. The van der Waals surface area contributed by atoms with Gasteiger partial charge in [-0.1, -0.05) is 30.3 Å². The van der Waals surface area contributed by atoms with Crippen LogP contribution in [0.5, 0.6) is 0 Å². The fraction of sp³-hybridized carbons (Fsp3) is 0.235. The third kappa shape index (κ3) is 2.78. The van der Waals surface area contributed by atoms with E-state index in [0.29, 0.717) is 11.1 Å².